The van der Waals surface area contributed by atoms with Crippen molar-refractivity contribution in [3.63, 3.8) is 0 Å². The maximum absolute atomic E-state index is 13.1. The number of nitrogens with zero attached hydrogens (tertiary/aromatic N) is 2. The van der Waals surface area contributed by atoms with Crippen molar-refractivity contribution in [3.8, 4) is 6.07 Å². The Labute approximate surface area is 196 Å². The number of nitrogens with one attached hydrogen (secondary N) is 1. The molecule has 2 fully saturated rings. The summed E-state index contributed by atoms with van der Waals surface area (Å²) in [6.45, 7) is 3.16. The number of piperidine rings is 1. The molecular weight excluding hydrogens is 434 g/mol. The normalized spacial score (nSPS) is 17.6. The second-order valence-corrected chi connectivity index (χ2v) is 11.1. The van der Waals surface area contributed by atoms with Gasteiger partial charge in [-0.05, 0) is 79.8 Å². The average molecular weight is 466 g/mol. The topological polar surface area (TPSA) is 90.3 Å². The van der Waals surface area contributed by atoms with E-state index in [4.69, 9.17) is 5.26 Å². The monoisotopic (exact) mass is 465 g/mol. The third kappa shape index (κ3) is 5.75. The van der Waals surface area contributed by atoms with E-state index in [1.54, 1.807) is 12.1 Å². The number of anilines is 1. The first-order valence-electron chi connectivity index (χ1n) is 11.7. The predicted molar refractivity (Wildman–Crippen MR) is 130 cm³/mol. The van der Waals surface area contributed by atoms with Gasteiger partial charge in [-0.1, -0.05) is 31.0 Å². The van der Waals surface area contributed by atoms with Gasteiger partial charge in [-0.15, -0.1) is 0 Å². The van der Waals surface area contributed by atoms with Crippen LogP contribution < -0.4 is 4.72 Å². The fourth-order valence-electron chi connectivity index (χ4n) is 4.99. The van der Waals surface area contributed by atoms with Crippen molar-refractivity contribution in [1.29, 1.82) is 5.26 Å². The summed E-state index contributed by atoms with van der Waals surface area (Å²) in [5.74, 6) is 0.681. The van der Waals surface area contributed by atoms with Crippen molar-refractivity contribution in [3.05, 3.63) is 64.7 Å². The Morgan fingerprint density at radius 2 is 1.73 bits per heavy atom. The number of carbonyl (C=O) groups is 1. The fourth-order valence-corrected chi connectivity index (χ4v) is 6.58. The van der Waals surface area contributed by atoms with Crippen LogP contribution in [0.4, 0.5) is 5.69 Å². The Kier molecular flexibility index (Phi) is 7.04. The fraction of sp³-hybridized carbons (Fsp3) is 0.462. The van der Waals surface area contributed by atoms with Crippen molar-refractivity contribution in [2.24, 2.45) is 5.92 Å². The van der Waals surface area contributed by atoms with Gasteiger partial charge in [-0.2, -0.15) is 5.26 Å². The number of aryl methyl sites for hydroxylation is 1. The lowest BCUT2D eigenvalue weighted by molar-refractivity contribution is 0.0713. The maximum atomic E-state index is 13.1. The smallest absolute Gasteiger partial charge is 0.253 e. The van der Waals surface area contributed by atoms with E-state index in [-0.39, 0.29) is 17.6 Å². The number of hydrogen-bond donors (Lipinski definition) is 1. The summed E-state index contributed by atoms with van der Waals surface area (Å²) in [4.78, 5) is 15.0. The molecule has 7 heteroatoms. The lowest BCUT2D eigenvalue weighted by Crippen LogP contribution is -2.38. The van der Waals surface area contributed by atoms with E-state index in [0.29, 0.717) is 35.8 Å². The molecule has 2 aromatic carbocycles. The summed E-state index contributed by atoms with van der Waals surface area (Å²) in [5.41, 5.74) is 3.67. The Bertz CT molecular complexity index is 1140. The van der Waals surface area contributed by atoms with Crippen LogP contribution in [0.1, 0.15) is 71.5 Å². The van der Waals surface area contributed by atoms with Crippen LogP contribution in [0.15, 0.2) is 42.5 Å². The van der Waals surface area contributed by atoms with Gasteiger partial charge >= 0.3 is 0 Å². The first-order chi connectivity index (χ1) is 15.8. The Balaban J connectivity index is 1.39. The van der Waals surface area contributed by atoms with Gasteiger partial charge in [0, 0.05) is 18.7 Å². The molecule has 6 nitrogen and oxygen atoms in total. The van der Waals surface area contributed by atoms with Gasteiger partial charge in [-0.25, -0.2) is 8.42 Å². The predicted octanol–water partition coefficient (Wildman–Crippen LogP) is 4.82. The molecule has 1 amide bonds. The number of hydrogen-bond acceptors (Lipinski definition) is 4. The standard InChI is InChI=1S/C26H31N3O3S/c1-19-6-9-24(16-25(19)28-33(31,32)18-21-4-2-3-5-21)26(30)29-14-12-23(13-15-29)22-10-7-20(17-27)8-11-22/h6-11,16,21,23,28H,2-5,12-15,18H2,1H3. The highest BCUT2D eigenvalue weighted by Crippen LogP contribution is 2.30. The van der Waals surface area contributed by atoms with E-state index < -0.39 is 10.0 Å². The van der Waals surface area contributed by atoms with Gasteiger partial charge in [-0.3, -0.25) is 9.52 Å². The number of benzene rings is 2. The van der Waals surface area contributed by atoms with Crippen molar-refractivity contribution >= 4 is 21.6 Å². The molecule has 33 heavy (non-hydrogen) atoms. The van der Waals surface area contributed by atoms with Crippen LogP contribution in [0.25, 0.3) is 0 Å². The third-order valence-electron chi connectivity index (χ3n) is 6.97. The zero-order chi connectivity index (χ0) is 23.4. The van der Waals surface area contributed by atoms with Crippen LogP contribution in [0.3, 0.4) is 0 Å². The van der Waals surface area contributed by atoms with E-state index >= 15 is 0 Å². The largest absolute Gasteiger partial charge is 0.339 e. The molecule has 1 heterocycles. The molecule has 0 unspecified atom stereocenters. The molecule has 174 valence electrons. The molecule has 0 radical (unpaired) electrons. The number of amides is 1. The van der Waals surface area contributed by atoms with E-state index in [1.807, 2.05) is 42.2 Å². The van der Waals surface area contributed by atoms with Gasteiger partial charge in [0.2, 0.25) is 10.0 Å². The molecule has 1 N–H and O–H groups in total. The summed E-state index contributed by atoms with van der Waals surface area (Å²) < 4.78 is 28.1. The van der Waals surface area contributed by atoms with Crippen LogP contribution in [-0.4, -0.2) is 38.1 Å². The molecule has 2 aliphatic rings. The lowest BCUT2D eigenvalue weighted by atomic mass is 9.89. The summed E-state index contributed by atoms with van der Waals surface area (Å²) in [6.07, 6.45) is 5.87. The lowest BCUT2D eigenvalue weighted by Gasteiger charge is -2.32. The second kappa shape index (κ2) is 9.96. The first kappa shape index (κ1) is 23.3. The van der Waals surface area contributed by atoms with Crippen molar-refractivity contribution < 1.29 is 13.2 Å². The third-order valence-corrected chi connectivity index (χ3v) is 8.41. The van der Waals surface area contributed by atoms with Gasteiger partial charge in [0.05, 0.1) is 23.1 Å². The highest BCUT2D eigenvalue weighted by molar-refractivity contribution is 7.92. The van der Waals surface area contributed by atoms with Crippen molar-refractivity contribution in [2.75, 3.05) is 23.6 Å². The molecule has 1 saturated carbocycles. The summed E-state index contributed by atoms with van der Waals surface area (Å²) >= 11 is 0. The van der Waals surface area contributed by atoms with Crippen LogP contribution in [0.5, 0.6) is 0 Å². The molecule has 2 aromatic rings. The average Bonchev–Trinajstić information content (AvgIpc) is 3.32. The highest BCUT2D eigenvalue weighted by Gasteiger charge is 2.26. The van der Waals surface area contributed by atoms with Crippen molar-refractivity contribution in [1.82, 2.24) is 4.90 Å². The molecule has 4 rings (SSSR count). The van der Waals surface area contributed by atoms with Gasteiger partial charge < -0.3 is 4.90 Å². The minimum Gasteiger partial charge on any atom is -0.339 e. The van der Waals surface area contributed by atoms with Crippen LogP contribution >= 0.6 is 0 Å². The number of rotatable bonds is 6. The minimum atomic E-state index is -3.45. The number of carbonyl (C=O) groups excluding carboxylic acids is 1. The SMILES string of the molecule is Cc1ccc(C(=O)N2CCC(c3ccc(C#N)cc3)CC2)cc1NS(=O)(=O)CC1CCCC1. The van der Waals surface area contributed by atoms with Crippen molar-refractivity contribution in [2.45, 2.75) is 51.4 Å². The van der Waals surface area contributed by atoms with Crippen LogP contribution in [-0.2, 0) is 10.0 Å². The molecular formula is C26H31N3O3S. The van der Waals surface area contributed by atoms with E-state index in [9.17, 15) is 13.2 Å². The zero-order valence-corrected chi connectivity index (χ0v) is 19.9. The molecule has 1 aliphatic carbocycles. The highest BCUT2D eigenvalue weighted by atomic mass is 32.2. The molecule has 0 aromatic heterocycles. The second-order valence-electron chi connectivity index (χ2n) is 9.36. The molecule has 1 aliphatic heterocycles. The van der Waals surface area contributed by atoms with E-state index in [2.05, 4.69) is 10.8 Å². The molecule has 0 bridgehead atoms. The zero-order valence-electron chi connectivity index (χ0n) is 19.1. The van der Waals surface area contributed by atoms with Gasteiger partial charge in [0.15, 0.2) is 0 Å². The summed E-state index contributed by atoms with van der Waals surface area (Å²) in [6, 6.07) is 15.1. The summed E-state index contributed by atoms with van der Waals surface area (Å²) in [7, 11) is -3.45. The number of sulfonamides is 1. The van der Waals surface area contributed by atoms with Gasteiger partial charge in [0.1, 0.15) is 0 Å². The van der Waals surface area contributed by atoms with Gasteiger partial charge in [0.25, 0.3) is 5.91 Å². The molecule has 1 saturated heterocycles. The van der Waals surface area contributed by atoms with Crippen LogP contribution in [0.2, 0.25) is 0 Å². The first-order valence-corrected chi connectivity index (χ1v) is 13.4. The molecule has 0 spiro atoms. The number of nitriles is 1. The minimum absolute atomic E-state index is 0.0653. The van der Waals surface area contributed by atoms with Crippen LogP contribution in [0, 0.1) is 24.2 Å². The molecule has 0 atom stereocenters. The Morgan fingerprint density at radius 3 is 2.36 bits per heavy atom. The van der Waals surface area contributed by atoms with E-state index in [1.165, 1.54) is 5.56 Å². The quantitative estimate of drug-likeness (QED) is 0.662. The number of likely N-dealkylation sites (tertiary alicyclic amines) is 1. The van der Waals surface area contributed by atoms with E-state index in [0.717, 1.165) is 44.1 Å². The Morgan fingerprint density at radius 1 is 1.06 bits per heavy atom. The maximum Gasteiger partial charge on any atom is 0.253 e. The summed E-state index contributed by atoms with van der Waals surface area (Å²) in [5, 5.41) is 8.97. The Hall–Kier alpha value is -2.85.